The van der Waals surface area contributed by atoms with Crippen molar-refractivity contribution in [2.45, 2.75) is 26.2 Å². The van der Waals surface area contributed by atoms with Crippen LogP contribution in [0.4, 0.5) is 0 Å². The van der Waals surface area contributed by atoms with Crippen LogP contribution in [0, 0.1) is 5.92 Å². The van der Waals surface area contributed by atoms with E-state index in [0.717, 1.165) is 5.92 Å². The van der Waals surface area contributed by atoms with Gasteiger partial charge in [0, 0.05) is 4.88 Å². The van der Waals surface area contributed by atoms with E-state index in [2.05, 4.69) is 30.5 Å². The Morgan fingerprint density at radius 2 is 2.42 bits per heavy atom. The second kappa shape index (κ2) is 3.44. The Morgan fingerprint density at radius 3 is 3.08 bits per heavy atom. The fourth-order valence-corrected chi connectivity index (χ4v) is 2.57. The van der Waals surface area contributed by atoms with E-state index >= 15 is 0 Å². The molecule has 1 aromatic rings. The van der Waals surface area contributed by atoms with Gasteiger partial charge in [0.25, 0.3) is 0 Å². The smallest absolute Gasteiger partial charge is 0.0299 e. The first-order valence-electron chi connectivity index (χ1n) is 4.61. The van der Waals surface area contributed by atoms with Crippen molar-refractivity contribution in [1.29, 1.82) is 0 Å². The van der Waals surface area contributed by atoms with Crippen molar-refractivity contribution in [3.05, 3.63) is 28.5 Å². The molecule has 0 spiro atoms. The molecule has 0 N–H and O–H groups in total. The van der Waals surface area contributed by atoms with Gasteiger partial charge < -0.3 is 0 Å². The van der Waals surface area contributed by atoms with E-state index in [9.17, 15) is 0 Å². The number of allylic oxidation sites excluding steroid dienone is 2. The molecule has 1 atom stereocenters. The topological polar surface area (TPSA) is 0 Å². The Balaban J connectivity index is 2.23. The SMILES string of the molecule is CC1C=C(c2cccs2)CCC1. The van der Waals surface area contributed by atoms with E-state index in [1.807, 2.05) is 11.3 Å². The van der Waals surface area contributed by atoms with Crippen LogP contribution in [0.25, 0.3) is 5.57 Å². The molecule has 0 saturated heterocycles. The van der Waals surface area contributed by atoms with Crippen LogP contribution in [-0.4, -0.2) is 0 Å². The number of hydrogen-bond donors (Lipinski definition) is 0. The molecular weight excluding hydrogens is 164 g/mol. The van der Waals surface area contributed by atoms with Crippen molar-refractivity contribution in [2.75, 3.05) is 0 Å². The zero-order chi connectivity index (χ0) is 8.39. The molecule has 2 rings (SSSR count). The Labute approximate surface area is 77.9 Å². The van der Waals surface area contributed by atoms with E-state index in [-0.39, 0.29) is 0 Å². The minimum absolute atomic E-state index is 0.788. The Hall–Kier alpha value is -0.560. The molecule has 1 heterocycles. The fourth-order valence-electron chi connectivity index (χ4n) is 1.79. The van der Waals surface area contributed by atoms with E-state index < -0.39 is 0 Å². The summed E-state index contributed by atoms with van der Waals surface area (Å²) in [7, 11) is 0. The van der Waals surface area contributed by atoms with Crippen molar-refractivity contribution >= 4 is 16.9 Å². The molecule has 0 bridgehead atoms. The first kappa shape index (κ1) is 8.06. The zero-order valence-corrected chi connectivity index (χ0v) is 8.23. The average molecular weight is 178 g/mol. The fraction of sp³-hybridized carbons (Fsp3) is 0.455. The molecule has 0 fully saturated rings. The van der Waals surface area contributed by atoms with Gasteiger partial charge in [-0.25, -0.2) is 0 Å². The molecule has 1 unspecified atom stereocenters. The van der Waals surface area contributed by atoms with Crippen molar-refractivity contribution in [3.8, 4) is 0 Å². The highest BCUT2D eigenvalue weighted by atomic mass is 32.1. The lowest BCUT2D eigenvalue weighted by Crippen LogP contribution is -1.98. The van der Waals surface area contributed by atoms with Gasteiger partial charge in [-0.3, -0.25) is 0 Å². The Bertz CT molecular complexity index is 269. The van der Waals surface area contributed by atoms with Gasteiger partial charge in [-0.2, -0.15) is 0 Å². The highest BCUT2D eigenvalue weighted by Gasteiger charge is 2.10. The maximum atomic E-state index is 2.44. The lowest BCUT2D eigenvalue weighted by atomic mass is 9.91. The molecule has 1 heteroatoms. The third-order valence-electron chi connectivity index (χ3n) is 2.43. The van der Waals surface area contributed by atoms with Crippen molar-refractivity contribution in [3.63, 3.8) is 0 Å². The molecule has 0 aromatic carbocycles. The van der Waals surface area contributed by atoms with Crippen LogP contribution in [0.2, 0.25) is 0 Å². The lowest BCUT2D eigenvalue weighted by Gasteiger charge is -2.16. The first-order valence-corrected chi connectivity index (χ1v) is 5.49. The Kier molecular flexibility index (Phi) is 2.31. The number of rotatable bonds is 1. The normalized spacial score (nSPS) is 23.8. The molecule has 1 aromatic heterocycles. The van der Waals surface area contributed by atoms with Crippen LogP contribution in [0.1, 0.15) is 31.1 Å². The maximum absolute atomic E-state index is 2.44. The van der Waals surface area contributed by atoms with Crippen LogP contribution in [-0.2, 0) is 0 Å². The predicted molar refractivity (Wildman–Crippen MR) is 55.3 cm³/mol. The van der Waals surface area contributed by atoms with Gasteiger partial charge in [-0.15, -0.1) is 11.3 Å². The average Bonchev–Trinajstić information content (AvgIpc) is 2.56. The van der Waals surface area contributed by atoms with E-state index in [1.54, 1.807) is 5.57 Å². The van der Waals surface area contributed by atoms with Gasteiger partial charge in [-0.1, -0.05) is 19.1 Å². The summed E-state index contributed by atoms with van der Waals surface area (Å²) >= 11 is 1.86. The third-order valence-corrected chi connectivity index (χ3v) is 3.37. The molecule has 0 nitrogen and oxygen atoms in total. The Morgan fingerprint density at radius 1 is 1.50 bits per heavy atom. The predicted octanol–water partition coefficient (Wildman–Crippen LogP) is 3.95. The van der Waals surface area contributed by atoms with Gasteiger partial charge in [0.15, 0.2) is 0 Å². The summed E-state index contributed by atoms with van der Waals surface area (Å²) in [6, 6.07) is 4.37. The van der Waals surface area contributed by atoms with E-state index in [4.69, 9.17) is 0 Å². The molecule has 1 aliphatic carbocycles. The summed E-state index contributed by atoms with van der Waals surface area (Å²) in [5.41, 5.74) is 1.57. The monoisotopic (exact) mass is 178 g/mol. The van der Waals surface area contributed by atoms with Crippen LogP contribution in [0.3, 0.4) is 0 Å². The lowest BCUT2D eigenvalue weighted by molar-refractivity contribution is 0.593. The zero-order valence-electron chi connectivity index (χ0n) is 7.42. The van der Waals surface area contributed by atoms with Gasteiger partial charge in [-0.05, 0) is 42.2 Å². The number of thiophene rings is 1. The van der Waals surface area contributed by atoms with Crippen LogP contribution in [0.15, 0.2) is 23.6 Å². The van der Waals surface area contributed by atoms with Gasteiger partial charge in [0.2, 0.25) is 0 Å². The van der Waals surface area contributed by atoms with Gasteiger partial charge in [0.05, 0.1) is 0 Å². The molecule has 12 heavy (non-hydrogen) atoms. The number of hydrogen-bond acceptors (Lipinski definition) is 1. The highest BCUT2D eigenvalue weighted by molar-refractivity contribution is 7.11. The van der Waals surface area contributed by atoms with Crippen molar-refractivity contribution in [2.24, 2.45) is 5.92 Å². The quantitative estimate of drug-likeness (QED) is 0.610. The minimum atomic E-state index is 0.788. The molecule has 64 valence electrons. The van der Waals surface area contributed by atoms with E-state index in [1.165, 1.54) is 24.1 Å². The van der Waals surface area contributed by atoms with Gasteiger partial charge >= 0.3 is 0 Å². The molecule has 0 aliphatic heterocycles. The molecule has 0 radical (unpaired) electrons. The van der Waals surface area contributed by atoms with Crippen LogP contribution >= 0.6 is 11.3 Å². The standard InChI is InChI=1S/C11H14S/c1-9-4-2-5-10(8-9)11-6-3-7-12-11/h3,6-9H,2,4-5H2,1H3. The summed E-state index contributed by atoms with van der Waals surface area (Å²) in [5.74, 6) is 0.788. The van der Waals surface area contributed by atoms with Crippen LogP contribution < -0.4 is 0 Å². The van der Waals surface area contributed by atoms with Crippen LogP contribution in [0.5, 0.6) is 0 Å². The summed E-state index contributed by atoms with van der Waals surface area (Å²) in [5, 5.41) is 2.16. The highest BCUT2D eigenvalue weighted by Crippen LogP contribution is 2.31. The first-order chi connectivity index (χ1) is 5.86. The van der Waals surface area contributed by atoms with E-state index in [0.29, 0.717) is 0 Å². The molecule has 0 amide bonds. The summed E-state index contributed by atoms with van der Waals surface area (Å²) < 4.78 is 0. The largest absolute Gasteiger partial charge is 0.144 e. The minimum Gasteiger partial charge on any atom is -0.144 e. The third kappa shape index (κ3) is 1.61. The molecular formula is C11H14S. The second-order valence-corrected chi connectivity index (χ2v) is 4.49. The van der Waals surface area contributed by atoms with Gasteiger partial charge in [0.1, 0.15) is 0 Å². The summed E-state index contributed by atoms with van der Waals surface area (Å²) in [6.45, 7) is 2.31. The maximum Gasteiger partial charge on any atom is 0.0299 e. The molecule has 1 aliphatic rings. The second-order valence-electron chi connectivity index (χ2n) is 3.54. The van der Waals surface area contributed by atoms with Crippen molar-refractivity contribution in [1.82, 2.24) is 0 Å². The summed E-state index contributed by atoms with van der Waals surface area (Å²) in [6.07, 6.45) is 6.46. The van der Waals surface area contributed by atoms with Crippen molar-refractivity contribution < 1.29 is 0 Å². The molecule has 0 saturated carbocycles. The summed E-state index contributed by atoms with van der Waals surface area (Å²) in [4.78, 5) is 1.47.